The molecule has 0 spiro atoms. The Balaban J connectivity index is 1.69. The quantitative estimate of drug-likeness (QED) is 0.827. The van der Waals surface area contributed by atoms with E-state index in [1.54, 1.807) is 24.3 Å². The summed E-state index contributed by atoms with van der Waals surface area (Å²) in [7, 11) is 0. The lowest BCUT2D eigenvalue weighted by Gasteiger charge is -2.06. The second kappa shape index (κ2) is 7.83. The van der Waals surface area contributed by atoms with Gasteiger partial charge in [0.2, 0.25) is 5.91 Å². The molecular weight excluding hydrogens is 264 g/mol. The minimum atomic E-state index is -0.104. The molecule has 0 aliphatic heterocycles. The zero-order valence-corrected chi connectivity index (χ0v) is 11.6. The second-order valence-corrected chi connectivity index (χ2v) is 4.53. The molecule has 2 aromatic carbocycles. The standard InChI is InChI=1S/C17H16N2O2/c18-12-14-6-8-16(9-7-14)19-17(20)10-11-21-13-15-4-2-1-3-5-15/h1-9H,10-11,13H2,(H,19,20). The molecular formula is C17H16N2O2. The van der Waals surface area contributed by atoms with Gasteiger partial charge in [0.25, 0.3) is 0 Å². The fourth-order valence-electron chi connectivity index (χ4n) is 1.78. The summed E-state index contributed by atoms with van der Waals surface area (Å²) < 4.78 is 5.46. The third-order valence-corrected chi connectivity index (χ3v) is 2.88. The number of nitrogens with one attached hydrogen (secondary N) is 1. The molecule has 2 rings (SSSR count). The Bertz CT molecular complexity index is 615. The van der Waals surface area contributed by atoms with E-state index in [2.05, 4.69) is 5.32 Å². The van der Waals surface area contributed by atoms with Crippen LogP contribution in [0.1, 0.15) is 17.5 Å². The van der Waals surface area contributed by atoms with Gasteiger partial charge in [-0.1, -0.05) is 30.3 Å². The molecule has 0 aliphatic carbocycles. The summed E-state index contributed by atoms with van der Waals surface area (Å²) in [4.78, 5) is 11.7. The van der Waals surface area contributed by atoms with Crippen molar-refractivity contribution in [3.05, 3.63) is 65.7 Å². The second-order valence-electron chi connectivity index (χ2n) is 4.53. The van der Waals surface area contributed by atoms with Crippen LogP contribution < -0.4 is 5.32 Å². The number of carbonyl (C=O) groups is 1. The van der Waals surface area contributed by atoms with E-state index < -0.39 is 0 Å². The summed E-state index contributed by atoms with van der Waals surface area (Å²) in [5.74, 6) is -0.104. The number of hydrogen-bond acceptors (Lipinski definition) is 3. The van der Waals surface area contributed by atoms with Crippen molar-refractivity contribution in [1.82, 2.24) is 0 Å². The minimum Gasteiger partial charge on any atom is -0.376 e. The highest BCUT2D eigenvalue weighted by Gasteiger charge is 2.02. The molecule has 1 amide bonds. The van der Waals surface area contributed by atoms with E-state index in [0.717, 1.165) is 5.56 Å². The van der Waals surface area contributed by atoms with Gasteiger partial charge in [-0.3, -0.25) is 4.79 Å². The number of nitrogens with zero attached hydrogens (tertiary/aromatic N) is 1. The van der Waals surface area contributed by atoms with Gasteiger partial charge in [-0.05, 0) is 29.8 Å². The van der Waals surface area contributed by atoms with Crippen molar-refractivity contribution < 1.29 is 9.53 Å². The Hall–Kier alpha value is -2.64. The van der Waals surface area contributed by atoms with Crippen LogP contribution >= 0.6 is 0 Å². The summed E-state index contributed by atoms with van der Waals surface area (Å²) in [6.45, 7) is 0.877. The van der Waals surface area contributed by atoms with Crippen LogP contribution in [0.5, 0.6) is 0 Å². The van der Waals surface area contributed by atoms with E-state index in [9.17, 15) is 4.79 Å². The molecule has 106 valence electrons. The highest BCUT2D eigenvalue weighted by molar-refractivity contribution is 5.90. The van der Waals surface area contributed by atoms with Crippen molar-refractivity contribution in [2.75, 3.05) is 11.9 Å². The van der Waals surface area contributed by atoms with E-state index in [4.69, 9.17) is 10.00 Å². The van der Waals surface area contributed by atoms with Gasteiger partial charge in [0.15, 0.2) is 0 Å². The van der Waals surface area contributed by atoms with Gasteiger partial charge in [0, 0.05) is 5.69 Å². The fraction of sp³-hybridized carbons (Fsp3) is 0.176. The van der Waals surface area contributed by atoms with Gasteiger partial charge < -0.3 is 10.1 Å². The maximum atomic E-state index is 11.7. The number of benzene rings is 2. The zero-order chi connectivity index (χ0) is 14.9. The number of rotatable bonds is 6. The molecule has 0 bridgehead atoms. The predicted molar refractivity (Wildman–Crippen MR) is 80.5 cm³/mol. The first-order chi connectivity index (χ1) is 10.3. The van der Waals surface area contributed by atoms with E-state index in [1.165, 1.54) is 0 Å². The fourth-order valence-corrected chi connectivity index (χ4v) is 1.78. The molecule has 0 aromatic heterocycles. The summed E-state index contributed by atoms with van der Waals surface area (Å²) in [5, 5.41) is 11.5. The normalized spacial score (nSPS) is 9.86. The average Bonchev–Trinajstić information content (AvgIpc) is 2.53. The summed E-state index contributed by atoms with van der Waals surface area (Å²) in [5.41, 5.74) is 2.34. The average molecular weight is 280 g/mol. The van der Waals surface area contributed by atoms with Crippen LogP contribution in [0, 0.1) is 11.3 Å². The van der Waals surface area contributed by atoms with Crippen LogP contribution in [0.2, 0.25) is 0 Å². The Morgan fingerprint density at radius 3 is 2.48 bits per heavy atom. The highest BCUT2D eigenvalue weighted by Crippen LogP contribution is 2.09. The molecule has 0 aliphatic rings. The Labute approximate surface area is 124 Å². The van der Waals surface area contributed by atoms with Crippen LogP contribution in [0.25, 0.3) is 0 Å². The third-order valence-electron chi connectivity index (χ3n) is 2.88. The zero-order valence-electron chi connectivity index (χ0n) is 11.6. The van der Waals surface area contributed by atoms with Gasteiger partial charge in [-0.15, -0.1) is 0 Å². The van der Waals surface area contributed by atoms with Gasteiger partial charge in [-0.2, -0.15) is 5.26 Å². The van der Waals surface area contributed by atoms with Crippen LogP contribution in [0.15, 0.2) is 54.6 Å². The van der Waals surface area contributed by atoms with Crippen molar-refractivity contribution in [2.24, 2.45) is 0 Å². The lowest BCUT2D eigenvalue weighted by molar-refractivity contribution is -0.117. The molecule has 0 fully saturated rings. The van der Waals surface area contributed by atoms with Crippen molar-refractivity contribution in [2.45, 2.75) is 13.0 Å². The number of nitriles is 1. The molecule has 0 saturated heterocycles. The van der Waals surface area contributed by atoms with Crippen LogP contribution in [0.4, 0.5) is 5.69 Å². The lowest BCUT2D eigenvalue weighted by atomic mass is 10.2. The number of anilines is 1. The third kappa shape index (κ3) is 5.09. The van der Waals surface area contributed by atoms with Crippen molar-refractivity contribution >= 4 is 11.6 Å². The molecule has 0 unspecified atom stereocenters. The first-order valence-electron chi connectivity index (χ1n) is 6.69. The SMILES string of the molecule is N#Cc1ccc(NC(=O)CCOCc2ccccc2)cc1. The predicted octanol–water partition coefficient (Wildman–Crippen LogP) is 3.10. The first-order valence-corrected chi connectivity index (χ1v) is 6.69. The van der Waals surface area contributed by atoms with Crippen molar-refractivity contribution in [3.8, 4) is 6.07 Å². The van der Waals surface area contributed by atoms with Crippen LogP contribution in [-0.4, -0.2) is 12.5 Å². The van der Waals surface area contributed by atoms with Crippen LogP contribution in [-0.2, 0) is 16.1 Å². The number of ether oxygens (including phenoxy) is 1. The molecule has 1 N–H and O–H groups in total. The molecule has 4 nitrogen and oxygen atoms in total. The van der Waals surface area contributed by atoms with E-state index >= 15 is 0 Å². The van der Waals surface area contributed by atoms with Crippen LogP contribution in [0.3, 0.4) is 0 Å². The number of hydrogen-bond donors (Lipinski definition) is 1. The minimum absolute atomic E-state index is 0.104. The lowest BCUT2D eigenvalue weighted by Crippen LogP contribution is -2.14. The molecule has 0 heterocycles. The van der Waals surface area contributed by atoms with Crippen molar-refractivity contribution in [3.63, 3.8) is 0 Å². The van der Waals surface area contributed by atoms with E-state index in [1.807, 2.05) is 36.4 Å². The maximum Gasteiger partial charge on any atom is 0.226 e. The Kier molecular flexibility index (Phi) is 5.50. The Morgan fingerprint density at radius 1 is 1.10 bits per heavy atom. The molecule has 0 saturated carbocycles. The van der Waals surface area contributed by atoms with Gasteiger partial charge in [0.05, 0.1) is 31.3 Å². The molecule has 0 radical (unpaired) electrons. The highest BCUT2D eigenvalue weighted by atomic mass is 16.5. The monoisotopic (exact) mass is 280 g/mol. The van der Waals surface area contributed by atoms with Crippen molar-refractivity contribution in [1.29, 1.82) is 5.26 Å². The smallest absolute Gasteiger partial charge is 0.226 e. The molecule has 21 heavy (non-hydrogen) atoms. The maximum absolute atomic E-state index is 11.7. The summed E-state index contributed by atoms with van der Waals surface area (Å²) in [6, 6.07) is 18.6. The first kappa shape index (κ1) is 14.8. The summed E-state index contributed by atoms with van der Waals surface area (Å²) >= 11 is 0. The van der Waals surface area contributed by atoms with E-state index in [-0.39, 0.29) is 5.91 Å². The number of carbonyl (C=O) groups excluding carboxylic acids is 1. The van der Waals surface area contributed by atoms with Gasteiger partial charge in [-0.25, -0.2) is 0 Å². The van der Waals surface area contributed by atoms with Gasteiger partial charge in [0.1, 0.15) is 0 Å². The van der Waals surface area contributed by atoms with E-state index in [0.29, 0.717) is 30.9 Å². The number of amides is 1. The topological polar surface area (TPSA) is 62.1 Å². The van der Waals surface area contributed by atoms with Gasteiger partial charge >= 0.3 is 0 Å². The Morgan fingerprint density at radius 2 is 1.81 bits per heavy atom. The summed E-state index contributed by atoms with van der Waals surface area (Å²) in [6.07, 6.45) is 0.298. The largest absolute Gasteiger partial charge is 0.376 e. The molecule has 0 atom stereocenters. The molecule has 2 aromatic rings. The molecule has 4 heteroatoms.